The maximum atomic E-state index is 5.47. The number of nitrogens with one attached hydrogen (secondary N) is 2. The lowest BCUT2D eigenvalue weighted by Crippen LogP contribution is -2.45. The van der Waals surface area contributed by atoms with Gasteiger partial charge < -0.3 is 15.2 Å². The van der Waals surface area contributed by atoms with E-state index in [0.29, 0.717) is 18.5 Å². The Morgan fingerprint density at radius 1 is 1.42 bits per heavy atom. The van der Waals surface area contributed by atoms with Gasteiger partial charge in [-0.15, -0.1) is 0 Å². The van der Waals surface area contributed by atoms with Gasteiger partial charge in [-0.3, -0.25) is 4.99 Å². The summed E-state index contributed by atoms with van der Waals surface area (Å²) in [6.07, 6.45) is 9.46. The average molecular weight is 353 g/mol. The average Bonchev–Trinajstić information content (AvgIpc) is 3.08. The maximum absolute atomic E-state index is 5.47. The smallest absolute Gasteiger partial charge is 0.191 e. The molecule has 136 valence electrons. The van der Waals surface area contributed by atoms with Gasteiger partial charge in [-0.25, -0.2) is 0 Å². The summed E-state index contributed by atoms with van der Waals surface area (Å²) in [5.74, 6) is 2.21. The molecule has 2 unspecified atom stereocenters. The van der Waals surface area contributed by atoms with Crippen molar-refractivity contribution in [1.29, 1.82) is 0 Å². The topological polar surface area (TPSA) is 62.5 Å². The van der Waals surface area contributed by atoms with Crippen molar-refractivity contribution in [3.8, 4) is 0 Å². The van der Waals surface area contributed by atoms with Crippen molar-refractivity contribution in [3.63, 3.8) is 0 Å². The fraction of sp³-hybridized carbons (Fsp3) is 0.778. The van der Waals surface area contributed by atoms with Gasteiger partial charge in [0.05, 0.1) is 12.2 Å². The minimum absolute atomic E-state index is 0.491. The second-order valence-electron chi connectivity index (χ2n) is 6.52. The van der Waals surface area contributed by atoms with E-state index >= 15 is 0 Å². The Morgan fingerprint density at radius 2 is 2.21 bits per heavy atom. The normalized spacial score (nSPS) is 22.0. The highest BCUT2D eigenvalue weighted by Crippen LogP contribution is 2.27. The second-order valence-corrected chi connectivity index (χ2v) is 7.66. The van der Waals surface area contributed by atoms with Crippen molar-refractivity contribution in [1.82, 2.24) is 15.8 Å². The van der Waals surface area contributed by atoms with Gasteiger partial charge in [-0.1, -0.05) is 25.4 Å². The first kappa shape index (κ1) is 19.2. The zero-order valence-corrected chi connectivity index (χ0v) is 16.3. The number of aliphatic imine (C=N–C) groups is 1. The summed E-state index contributed by atoms with van der Waals surface area (Å²) < 4.78 is 5.47. The van der Waals surface area contributed by atoms with E-state index < -0.39 is 0 Å². The van der Waals surface area contributed by atoms with E-state index in [0.717, 1.165) is 35.5 Å². The molecule has 2 rings (SSSR count). The van der Waals surface area contributed by atoms with Crippen LogP contribution in [0.4, 0.5) is 0 Å². The van der Waals surface area contributed by atoms with Gasteiger partial charge in [0.15, 0.2) is 11.7 Å². The van der Waals surface area contributed by atoms with Gasteiger partial charge in [0.2, 0.25) is 0 Å². The fourth-order valence-electron chi connectivity index (χ4n) is 3.36. The van der Waals surface area contributed by atoms with Crippen molar-refractivity contribution >= 4 is 17.7 Å². The minimum atomic E-state index is 0.491. The highest BCUT2D eigenvalue weighted by atomic mass is 32.2. The third kappa shape index (κ3) is 5.43. The lowest BCUT2D eigenvalue weighted by Gasteiger charge is -2.29. The second kappa shape index (κ2) is 9.97. The van der Waals surface area contributed by atoms with Crippen molar-refractivity contribution in [2.75, 3.05) is 13.3 Å². The molecule has 24 heavy (non-hydrogen) atoms. The molecule has 1 saturated carbocycles. The standard InChI is InChI=1S/C18H32N4OS/c1-5-13(6-2)17-11-15(23-22-17)12-20-18(19-3)21-14-8-7-9-16(10-14)24-4/h11,13-14,16H,5-10,12H2,1-4H3,(H2,19,20,21). The van der Waals surface area contributed by atoms with E-state index in [4.69, 9.17) is 4.52 Å². The van der Waals surface area contributed by atoms with E-state index in [9.17, 15) is 0 Å². The van der Waals surface area contributed by atoms with Gasteiger partial charge in [0.25, 0.3) is 0 Å². The SMILES string of the molecule is CCC(CC)c1cc(CNC(=NC)NC2CCCC(SC)C2)on1. The number of thioether (sulfide) groups is 1. The van der Waals surface area contributed by atoms with E-state index in [1.165, 1.54) is 25.7 Å². The number of guanidine groups is 1. The lowest BCUT2D eigenvalue weighted by molar-refractivity contribution is 0.367. The van der Waals surface area contributed by atoms with Gasteiger partial charge in [0, 0.05) is 30.3 Å². The predicted octanol–water partition coefficient (Wildman–Crippen LogP) is 3.92. The van der Waals surface area contributed by atoms with Crippen LogP contribution in [0.5, 0.6) is 0 Å². The first-order valence-electron chi connectivity index (χ1n) is 9.15. The summed E-state index contributed by atoms with van der Waals surface area (Å²) in [5, 5.41) is 11.9. The Bertz CT molecular complexity index is 513. The highest BCUT2D eigenvalue weighted by Gasteiger charge is 2.22. The molecular formula is C18H32N4OS. The van der Waals surface area contributed by atoms with Gasteiger partial charge in [-0.05, 0) is 38.4 Å². The Balaban J connectivity index is 1.83. The van der Waals surface area contributed by atoms with Crippen LogP contribution in [0.2, 0.25) is 0 Å². The van der Waals surface area contributed by atoms with Crippen molar-refractivity contribution in [3.05, 3.63) is 17.5 Å². The minimum Gasteiger partial charge on any atom is -0.359 e. The van der Waals surface area contributed by atoms with Crippen LogP contribution in [0.3, 0.4) is 0 Å². The predicted molar refractivity (Wildman–Crippen MR) is 103 cm³/mol. The van der Waals surface area contributed by atoms with Crippen LogP contribution in [0, 0.1) is 0 Å². The third-order valence-corrected chi connectivity index (χ3v) is 6.03. The molecule has 0 bridgehead atoms. The van der Waals surface area contributed by atoms with E-state index in [1.807, 2.05) is 18.8 Å². The third-order valence-electron chi connectivity index (χ3n) is 4.93. The molecule has 1 aromatic heterocycles. The van der Waals surface area contributed by atoms with Crippen LogP contribution < -0.4 is 10.6 Å². The number of aromatic nitrogens is 1. The molecule has 1 aliphatic rings. The van der Waals surface area contributed by atoms with E-state index in [2.05, 4.69) is 47.0 Å². The molecule has 6 heteroatoms. The fourth-order valence-corrected chi connectivity index (χ4v) is 4.19. The Morgan fingerprint density at radius 3 is 2.88 bits per heavy atom. The zero-order chi connectivity index (χ0) is 17.4. The first-order chi connectivity index (χ1) is 11.7. The summed E-state index contributed by atoms with van der Waals surface area (Å²) in [7, 11) is 1.82. The van der Waals surface area contributed by atoms with Crippen molar-refractivity contribution < 1.29 is 4.52 Å². The molecule has 0 aromatic carbocycles. The Hall–Kier alpha value is -1.17. The molecule has 0 spiro atoms. The molecule has 1 fully saturated rings. The number of nitrogens with zero attached hydrogens (tertiary/aromatic N) is 2. The van der Waals surface area contributed by atoms with Gasteiger partial charge >= 0.3 is 0 Å². The molecule has 0 amide bonds. The number of rotatable bonds is 7. The van der Waals surface area contributed by atoms with Crippen LogP contribution in [-0.4, -0.2) is 35.7 Å². The largest absolute Gasteiger partial charge is 0.359 e. The summed E-state index contributed by atoms with van der Waals surface area (Å²) >= 11 is 1.98. The Labute approximate surface area is 150 Å². The molecule has 5 nitrogen and oxygen atoms in total. The molecule has 0 radical (unpaired) electrons. The molecule has 0 saturated heterocycles. The molecule has 1 heterocycles. The molecule has 2 atom stereocenters. The molecule has 2 N–H and O–H groups in total. The number of hydrogen-bond acceptors (Lipinski definition) is 4. The van der Waals surface area contributed by atoms with Crippen LogP contribution in [0.1, 0.15) is 69.7 Å². The quantitative estimate of drug-likeness (QED) is 0.575. The van der Waals surface area contributed by atoms with Crippen LogP contribution in [-0.2, 0) is 6.54 Å². The lowest BCUT2D eigenvalue weighted by atomic mass is 9.95. The summed E-state index contributed by atoms with van der Waals surface area (Å²) in [5.41, 5.74) is 1.06. The molecule has 1 aromatic rings. The van der Waals surface area contributed by atoms with E-state index in [1.54, 1.807) is 0 Å². The summed E-state index contributed by atoms with van der Waals surface area (Å²) in [6.45, 7) is 5.00. The molecule has 0 aliphatic heterocycles. The van der Waals surface area contributed by atoms with Gasteiger partial charge in [0.1, 0.15) is 0 Å². The monoisotopic (exact) mass is 352 g/mol. The number of hydrogen-bond donors (Lipinski definition) is 2. The highest BCUT2D eigenvalue weighted by molar-refractivity contribution is 7.99. The van der Waals surface area contributed by atoms with Crippen LogP contribution in [0.15, 0.2) is 15.6 Å². The Kier molecular flexibility index (Phi) is 7.95. The van der Waals surface area contributed by atoms with Gasteiger partial charge in [-0.2, -0.15) is 11.8 Å². The van der Waals surface area contributed by atoms with Crippen molar-refractivity contribution in [2.45, 2.75) is 76.1 Å². The molecular weight excluding hydrogens is 320 g/mol. The first-order valence-corrected chi connectivity index (χ1v) is 10.4. The van der Waals surface area contributed by atoms with Crippen LogP contribution >= 0.6 is 11.8 Å². The van der Waals surface area contributed by atoms with Crippen molar-refractivity contribution in [2.24, 2.45) is 4.99 Å². The van der Waals surface area contributed by atoms with E-state index in [-0.39, 0.29) is 0 Å². The molecule has 1 aliphatic carbocycles. The summed E-state index contributed by atoms with van der Waals surface area (Å²) in [6, 6.07) is 2.58. The maximum Gasteiger partial charge on any atom is 0.191 e. The van der Waals surface area contributed by atoms with Crippen LogP contribution in [0.25, 0.3) is 0 Å². The zero-order valence-electron chi connectivity index (χ0n) is 15.5. The summed E-state index contributed by atoms with van der Waals surface area (Å²) in [4.78, 5) is 4.35.